The number of hydrogen-bond donors (Lipinski definition) is 1. The maximum atomic E-state index is 13.3. The van der Waals surface area contributed by atoms with Gasteiger partial charge in [-0.2, -0.15) is 28.7 Å². The molecular weight excluding hydrogens is 348 g/mol. The molecule has 0 aliphatic carbocycles. The number of alkyl halides is 3. The van der Waals surface area contributed by atoms with Crippen LogP contribution >= 0.6 is 0 Å². The maximum Gasteiger partial charge on any atom is 0.419 e. The first-order chi connectivity index (χ1) is 12.4. The maximum absolute atomic E-state index is 13.3. The Morgan fingerprint density at radius 2 is 1.73 bits per heavy atom. The van der Waals surface area contributed by atoms with E-state index in [4.69, 9.17) is 5.26 Å². The van der Waals surface area contributed by atoms with E-state index in [1.807, 2.05) is 6.07 Å². The van der Waals surface area contributed by atoms with Gasteiger partial charge in [0.25, 0.3) is 0 Å². The monoisotopic (exact) mass is 358 g/mol. The molecule has 26 heavy (non-hydrogen) atoms. The van der Waals surface area contributed by atoms with Crippen LogP contribution in [-0.2, 0) is 6.18 Å². The Morgan fingerprint density at radius 3 is 2.42 bits per heavy atom. The van der Waals surface area contributed by atoms with Crippen molar-refractivity contribution in [2.45, 2.75) is 6.18 Å². The Labute approximate surface area is 145 Å². The van der Waals surface area contributed by atoms with E-state index in [0.29, 0.717) is 16.8 Å². The molecule has 130 valence electrons. The number of nitriles is 1. The van der Waals surface area contributed by atoms with Crippen LogP contribution in [0.3, 0.4) is 0 Å². The number of aromatic amines is 1. The Balaban J connectivity index is 1.91. The lowest BCUT2D eigenvalue weighted by atomic mass is 10.0. The summed E-state index contributed by atoms with van der Waals surface area (Å²) >= 11 is 0. The van der Waals surface area contributed by atoms with Crippen molar-refractivity contribution in [3.05, 3.63) is 70.7 Å². The van der Waals surface area contributed by atoms with E-state index in [9.17, 15) is 17.6 Å². The molecule has 1 heterocycles. The van der Waals surface area contributed by atoms with Gasteiger partial charge in [0.15, 0.2) is 5.69 Å². The lowest BCUT2D eigenvalue weighted by Gasteiger charge is -2.08. The molecule has 0 spiro atoms. The number of H-pyrrole nitrogens is 1. The summed E-state index contributed by atoms with van der Waals surface area (Å²) in [4.78, 5) is 0. The van der Waals surface area contributed by atoms with Crippen molar-refractivity contribution in [3.63, 3.8) is 0 Å². The van der Waals surface area contributed by atoms with E-state index in [0.717, 1.165) is 12.1 Å². The number of hydrogen-bond acceptors (Lipinski definition) is 3. The number of nitrogens with one attached hydrogen (secondary N) is 1. The molecule has 1 aromatic heterocycles. The van der Waals surface area contributed by atoms with Crippen molar-refractivity contribution in [2.75, 3.05) is 0 Å². The van der Waals surface area contributed by atoms with Crippen LogP contribution in [-0.4, -0.2) is 15.4 Å². The van der Waals surface area contributed by atoms with Crippen molar-refractivity contribution in [2.24, 2.45) is 0 Å². The molecule has 0 unspecified atom stereocenters. The fraction of sp³-hybridized carbons (Fsp3) is 0.0556. The van der Waals surface area contributed by atoms with Gasteiger partial charge in [0.1, 0.15) is 17.6 Å². The molecule has 0 aliphatic rings. The normalized spacial score (nSPS) is 11.7. The first-order valence-corrected chi connectivity index (χ1v) is 7.34. The summed E-state index contributed by atoms with van der Waals surface area (Å²) in [6, 6.07) is 11.6. The quantitative estimate of drug-likeness (QED) is 0.546. The molecule has 1 N–H and O–H groups in total. The first kappa shape index (κ1) is 17.4. The molecule has 0 radical (unpaired) electrons. The van der Waals surface area contributed by atoms with Crippen molar-refractivity contribution in [1.82, 2.24) is 15.4 Å². The molecule has 0 aliphatic heterocycles. The van der Waals surface area contributed by atoms with E-state index in [-0.39, 0.29) is 11.3 Å². The summed E-state index contributed by atoms with van der Waals surface area (Å²) in [5.74, 6) is -1.31. The highest BCUT2D eigenvalue weighted by Gasteiger charge is 2.33. The second-order valence-corrected chi connectivity index (χ2v) is 5.33. The van der Waals surface area contributed by atoms with Gasteiger partial charge in [-0.1, -0.05) is 36.4 Å². The van der Waals surface area contributed by atoms with Crippen LogP contribution in [0.1, 0.15) is 22.4 Å². The highest BCUT2D eigenvalue weighted by atomic mass is 19.4. The molecule has 4 nitrogen and oxygen atoms in total. The number of rotatable bonds is 3. The standard InChI is InChI=1S/C18H10F4N4/c19-15-7-6-12(9-14(15)18(20,21)22)5-4-11-2-1-3-13(8-11)17-16(10-23)24-26-25-17/h1-9H,(H,24,25,26)/b5-4+. The van der Waals surface area contributed by atoms with Gasteiger partial charge in [0, 0.05) is 5.56 Å². The molecule has 0 bridgehead atoms. The van der Waals surface area contributed by atoms with Crippen molar-refractivity contribution >= 4 is 12.2 Å². The third-order valence-corrected chi connectivity index (χ3v) is 3.58. The molecule has 3 rings (SSSR count). The highest BCUT2D eigenvalue weighted by Crippen LogP contribution is 2.32. The zero-order valence-electron chi connectivity index (χ0n) is 13.0. The second kappa shape index (κ2) is 6.80. The molecule has 0 saturated carbocycles. The SMILES string of the molecule is N#Cc1n[nH]nc1-c1cccc(/C=C/c2ccc(F)c(C(F)(F)F)c2)c1. The number of nitrogens with zero attached hydrogens (tertiary/aromatic N) is 3. The average Bonchev–Trinajstić information content (AvgIpc) is 3.09. The van der Waals surface area contributed by atoms with Crippen molar-refractivity contribution in [1.29, 1.82) is 5.26 Å². The van der Waals surface area contributed by atoms with Crippen LogP contribution < -0.4 is 0 Å². The predicted molar refractivity (Wildman–Crippen MR) is 86.9 cm³/mol. The number of benzene rings is 2. The van der Waals surface area contributed by atoms with Gasteiger partial charge < -0.3 is 0 Å². The molecule has 3 aromatic rings. The van der Waals surface area contributed by atoms with Gasteiger partial charge in [0.05, 0.1) is 5.56 Å². The van der Waals surface area contributed by atoms with Gasteiger partial charge in [-0.15, -0.1) is 5.10 Å². The summed E-state index contributed by atoms with van der Waals surface area (Å²) in [5, 5.41) is 19.0. The fourth-order valence-electron chi connectivity index (χ4n) is 2.36. The van der Waals surface area contributed by atoms with Crippen molar-refractivity contribution in [3.8, 4) is 17.3 Å². The lowest BCUT2D eigenvalue weighted by molar-refractivity contribution is -0.140. The first-order valence-electron chi connectivity index (χ1n) is 7.34. The lowest BCUT2D eigenvalue weighted by Crippen LogP contribution is -2.08. The largest absolute Gasteiger partial charge is 0.419 e. The summed E-state index contributed by atoms with van der Waals surface area (Å²) in [7, 11) is 0. The minimum atomic E-state index is -4.76. The smallest absolute Gasteiger partial charge is 0.206 e. The topological polar surface area (TPSA) is 65.4 Å². The number of halogens is 4. The van der Waals surface area contributed by atoms with Crippen LogP contribution in [0.5, 0.6) is 0 Å². The minimum absolute atomic E-state index is 0.138. The molecule has 0 saturated heterocycles. The Bertz CT molecular complexity index is 1010. The van der Waals surface area contributed by atoms with Crippen LogP contribution in [0.15, 0.2) is 42.5 Å². The van der Waals surface area contributed by atoms with E-state index < -0.39 is 17.6 Å². The van der Waals surface area contributed by atoms with Crippen LogP contribution in [0.2, 0.25) is 0 Å². The van der Waals surface area contributed by atoms with Gasteiger partial charge in [-0.25, -0.2) is 4.39 Å². The Kier molecular flexibility index (Phi) is 4.54. The molecule has 8 heteroatoms. The molecule has 0 fully saturated rings. The van der Waals surface area contributed by atoms with E-state index in [1.54, 1.807) is 30.3 Å². The van der Waals surface area contributed by atoms with Gasteiger partial charge >= 0.3 is 6.18 Å². The van der Waals surface area contributed by atoms with Gasteiger partial charge in [-0.3, -0.25) is 0 Å². The van der Waals surface area contributed by atoms with E-state index in [1.165, 1.54) is 12.1 Å². The predicted octanol–water partition coefficient (Wildman–Crippen LogP) is 4.67. The van der Waals surface area contributed by atoms with E-state index in [2.05, 4.69) is 15.4 Å². The minimum Gasteiger partial charge on any atom is -0.206 e. The van der Waals surface area contributed by atoms with Crippen molar-refractivity contribution < 1.29 is 17.6 Å². The summed E-state index contributed by atoms with van der Waals surface area (Å²) in [6.45, 7) is 0. The third-order valence-electron chi connectivity index (χ3n) is 3.58. The van der Waals surface area contributed by atoms with Crippen LogP contribution in [0.25, 0.3) is 23.4 Å². The highest BCUT2D eigenvalue weighted by molar-refractivity contribution is 5.74. The van der Waals surface area contributed by atoms with Crippen LogP contribution in [0.4, 0.5) is 17.6 Å². The second-order valence-electron chi connectivity index (χ2n) is 5.33. The summed E-state index contributed by atoms with van der Waals surface area (Å²) in [6.07, 6.45) is -1.72. The third kappa shape index (κ3) is 3.62. The van der Waals surface area contributed by atoms with Gasteiger partial charge in [0.2, 0.25) is 0 Å². The number of aromatic nitrogens is 3. The zero-order chi connectivity index (χ0) is 18.7. The molecule has 0 amide bonds. The molecule has 0 atom stereocenters. The Morgan fingerprint density at radius 1 is 1.00 bits per heavy atom. The summed E-state index contributed by atoms with van der Waals surface area (Å²) in [5.41, 5.74) is 0.723. The van der Waals surface area contributed by atoms with Crippen LogP contribution in [0, 0.1) is 17.1 Å². The van der Waals surface area contributed by atoms with Gasteiger partial charge in [-0.05, 0) is 29.3 Å². The zero-order valence-corrected chi connectivity index (χ0v) is 13.0. The molecule has 2 aromatic carbocycles. The average molecular weight is 358 g/mol. The Hall–Kier alpha value is -3.47. The fourth-order valence-corrected chi connectivity index (χ4v) is 2.36. The molecular formula is C18H10F4N4. The summed E-state index contributed by atoms with van der Waals surface area (Å²) < 4.78 is 51.6. The van der Waals surface area contributed by atoms with E-state index >= 15 is 0 Å².